The molecule has 0 radical (unpaired) electrons. The van der Waals surface area contributed by atoms with Gasteiger partial charge in [0.25, 0.3) is 11.1 Å². The Morgan fingerprint density at radius 1 is 1.62 bits per heavy atom. The topological polar surface area (TPSA) is 62.0 Å². The lowest BCUT2D eigenvalue weighted by molar-refractivity contribution is 0.439. The van der Waals surface area contributed by atoms with E-state index in [1.54, 1.807) is 19.0 Å². The van der Waals surface area contributed by atoms with Crippen molar-refractivity contribution < 1.29 is 4.74 Å². The van der Waals surface area contributed by atoms with Gasteiger partial charge in [0.1, 0.15) is 6.07 Å². The van der Waals surface area contributed by atoms with Gasteiger partial charge in [-0.05, 0) is 12.2 Å². The molecule has 1 heterocycles. The summed E-state index contributed by atoms with van der Waals surface area (Å²) in [6.07, 6.45) is 0. The molecule has 1 rings (SSSR count). The molecule has 68 valence electrons. The van der Waals surface area contributed by atoms with E-state index in [1.165, 1.54) is 0 Å². The van der Waals surface area contributed by atoms with Crippen LogP contribution in [0.25, 0.3) is 0 Å². The van der Waals surface area contributed by atoms with Gasteiger partial charge in [0, 0.05) is 14.1 Å². The summed E-state index contributed by atoms with van der Waals surface area (Å²) in [4.78, 5) is 1.61. The molecule has 1 aromatic rings. The minimum Gasteiger partial charge on any atom is -0.409 e. The van der Waals surface area contributed by atoms with Crippen LogP contribution in [0.4, 0.5) is 0 Å². The molecule has 0 saturated carbocycles. The molecule has 0 fully saturated rings. The lowest BCUT2D eigenvalue weighted by atomic mass is 10.5. The fourth-order valence-corrected chi connectivity index (χ4v) is 1.01. The van der Waals surface area contributed by atoms with Crippen molar-refractivity contribution in [2.24, 2.45) is 0 Å². The molecular weight excluding hydrogens is 208 g/mol. The smallest absolute Gasteiger partial charge is 0.272 e. The molecule has 1 aromatic heterocycles. The van der Waals surface area contributed by atoms with Crippen LogP contribution in [0.15, 0.2) is 0 Å². The molecule has 0 unspecified atom stereocenters. The summed E-state index contributed by atoms with van der Waals surface area (Å²) in [5, 5.41) is 8.83. The molecule has 0 saturated heterocycles. The monoisotopic (exact) mass is 214 g/mol. The number of hydrogen-bond donors (Lipinski definition) is 0. The van der Waals surface area contributed by atoms with Crippen molar-refractivity contribution in [1.82, 2.24) is 13.6 Å². The molecule has 0 bridgehead atoms. The van der Waals surface area contributed by atoms with E-state index < -0.39 is 0 Å². The molecule has 7 heteroatoms. The van der Waals surface area contributed by atoms with Crippen molar-refractivity contribution >= 4 is 29.1 Å². The summed E-state index contributed by atoms with van der Waals surface area (Å²) in [6.45, 7) is 0. The Morgan fingerprint density at radius 2 is 2.31 bits per heavy atom. The summed E-state index contributed by atoms with van der Waals surface area (Å²) in [5.74, 6) is 0.172. The maximum atomic E-state index is 8.58. The van der Waals surface area contributed by atoms with Crippen LogP contribution < -0.4 is 4.74 Å². The second kappa shape index (κ2) is 4.11. The normalized spacial score (nSPS) is 9.00. The van der Waals surface area contributed by atoms with Gasteiger partial charge in [-0.3, -0.25) is 0 Å². The maximum absolute atomic E-state index is 8.58. The van der Waals surface area contributed by atoms with Gasteiger partial charge in [-0.2, -0.15) is 9.64 Å². The minimum atomic E-state index is 0.161. The van der Waals surface area contributed by atoms with E-state index in [0.29, 0.717) is 0 Å². The van der Waals surface area contributed by atoms with E-state index in [-0.39, 0.29) is 16.7 Å². The Balaban J connectivity index is 2.76. The number of hydrogen-bond acceptors (Lipinski definition) is 6. The Hall–Kier alpha value is -1.26. The van der Waals surface area contributed by atoms with Crippen LogP contribution in [-0.4, -0.2) is 32.9 Å². The summed E-state index contributed by atoms with van der Waals surface area (Å²) in [5.41, 5.74) is 0.161. The van der Waals surface area contributed by atoms with Gasteiger partial charge in [-0.1, -0.05) is 0 Å². The fourth-order valence-electron chi connectivity index (χ4n) is 0.490. The summed E-state index contributed by atoms with van der Waals surface area (Å²) < 4.78 is 12.6. The average molecular weight is 214 g/mol. The van der Waals surface area contributed by atoms with Crippen molar-refractivity contribution in [2.45, 2.75) is 0 Å². The largest absolute Gasteiger partial charge is 0.409 e. The number of ether oxygens (including phenoxy) is 1. The highest BCUT2D eigenvalue weighted by atomic mass is 32.1. The van der Waals surface area contributed by atoms with E-state index in [4.69, 9.17) is 22.2 Å². The second-order valence-electron chi connectivity index (χ2n) is 2.29. The Bertz CT molecular complexity index is 354. The molecule has 0 spiro atoms. The van der Waals surface area contributed by atoms with E-state index >= 15 is 0 Å². The number of rotatable bonds is 1. The van der Waals surface area contributed by atoms with Crippen molar-refractivity contribution in [1.29, 1.82) is 5.26 Å². The zero-order valence-corrected chi connectivity index (χ0v) is 8.65. The van der Waals surface area contributed by atoms with Crippen LogP contribution in [0.2, 0.25) is 0 Å². The molecule has 0 N–H and O–H groups in total. The Morgan fingerprint density at radius 3 is 2.85 bits per heavy atom. The first-order valence-corrected chi connectivity index (χ1v) is 4.40. The van der Waals surface area contributed by atoms with Gasteiger partial charge < -0.3 is 9.64 Å². The third-order valence-corrected chi connectivity index (χ3v) is 2.07. The van der Waals surface area contributed by atoms with Crippen LogP contribution in [-0.2, 0) is 0 Å². The highest BCUT2D eigenvalue weighted by molar-refractivity contribution is 7.80. The first-order valence-electron chi connectivity index (χ1n) is 3.27. The van der Waals surface area contributed by atoms with Crippen molar-refractivity contribution in [3.63, 3.8) is 0 Å². The van der Waals surface area contributed by atoms with E-state index in [2.05, 4.69) is 8.75 Å². The van der Waals surface area contributed by atoms with Gasteiger partial charge in [-0.25, -0.2) is 0 Å². The number of nitriles is 1. The molecule has 5 nitrogen and oxygen atoms in total. The van der Waals surface area contributed by atoms with E-state index in [1.807, 2.05) is 6.07 Å². The van der Waals surface area contributed by atoms with Crippen LogP contribution in [0.1, 0.15) is 5.69 Å². The van der Waals surface area contributed by atoms with E-state index in [0.717, 1.165) is 11.7 Å². The minimum absolute atomic E-state index is 0.161. The summed E-state index contributed by atoms with van der Waals surface area (Å²) in [7, 11) is 3.49. The number of nitrogens with zero attached hydrogens (tertiary/aromatic N) is 4. The lowest BCUT2D eigenvalue weighted by Gasteiger charge is -2.11. The van der Waals surface area contributed by atoms with Crippen LogP contribution in [0, 0.1) is 11.3 Å². The zero-order valence-electron chi connectivity index (χ0n) is 7.01. The second-order valence-corrected chi connectivity index (χ2v) is 3.17. The van der Waals surface area contributed by atoms with Gasteiger partial charge >= 0.3 is 0 Å². The highest BCUT2D eigenvalue weighted by Gasteiger charge is 2.11. The molecule has 0 atom stereocenters. The van der Waals surface area contributed by atoms with Crippen molar-refractivity contribution in [3.05, 3.63) is 5.69 Å². The standard InChI is InChI=1S/C6H6N4OS2/c1-10(2)6(12)11-5-4(3-7)8-13-9-5/h1-2H3. The van der Waals surface area contributed by atoms with Gasteiger partial charge in [0.15, 0.2) is 0 Å². The average Bonchev–Trinajstić information content (AvgIpc) is 2.51. The van der Waals surface area contributed by atoms with Gasteiger partial charge in [0.2, 0.25) is 5.69 Å². The molecule has 0 aromatic carbocycles. The third-order valence-electron chi connectivity index (χ3n) is 1.11. The van der Waals surface area contributed by atoms with Crippen LogP contribution >= 0.6 is 23.9 Å². The molecular formula is C6H6N4OS2. The molecule has 0 aliphatic rings. The fraction of sp³-hybridized carbons (Fsp3) is 0.333. The van der Waals surface area contributed by atoms with Gasteiger partial charge in [0.05, 0.1) is 11.7 Å². The third kappa shape index (κ3) is 2.34. The molecule has 0 aliphatic carbocycles. The number of aromatic nitrogens is 2. The first-order chi connectivity index (χ1) is 6.15. The Labute approximate surface area is 84.9 Å². The molecule has 0 amide bonds. The Kier molecular flexibility index (Phi) is 3.11. The summed E-state index contributed by atoms with van der Waals surface area (Å²) in [6, 6.07) is 1.85. The number of thiocarbonyl (C=S) groups is 1. The van der Waals surface area contributed by atoms with Crippen molar-refractivity contribution in [2.75, 3.05) is 14.1 Å². The van der Waals surface area contributed by atoms with Gasteiger partial charge in [-0.15, -0.1) is 4.37 Å². The van der Waals surface area contributed by atoms with Crippen LogP contribution in [0.5, 0.6) is 5.88 Å². The highest BCUT2D eigenvalue weighted by Crippen LogP contribution is 2.14. The lowest BCUT2D eigenvalue weighted by Crippen LogP contribution is -2.25. The quantitative estimate of drug-likeness (QED) is 0.639. The zero-order chi connectivity index (χ0) is 9.84. The maximum Gasteiger partial charge on any atom is 0.272 e. The SMILES string of the molecule is CN(C)C(=S)Oc1nsnc1C#N. The predicted molar refractivity (Wildman–Crippen MR) is 51.5 cm³/mol. The molecule has 0 aliphatic heterocycles. The van der Waals surface area contributed by atoms with Crippen molar-refractivity contribution in [3.8, 4) is 11.9 Å². The van der Waals surface area contributed by atoms with Crippen LogP contribution in [0.3, 0.4) is 0 Å². The first kappa shape index (κ1) is 9.83. The predicted octanol–water partition coefficient (Wildman–Crippen LogP) is 0.635. The summed E-state index contributed by atoms with van der Waals surface area (Å²) >= 11 is 5.78. The van der Waals surface area contributed by atoms with E-state index in [9.17, 15) is 0 Å². The molecule has 13 heavy (non-hydrogen) atoms.